The first kappa shape index (κ1) is 23.1. The van der Waals surface area contributed by atoms with Crippen LogP contribution in [0.4, 0.5) is 0 Å². The minimum atomic E-state index is -1.72. The zero-order valence-electron chi connectivity index (χ0n) is 19.4. The van der Waals surface area contributed by atoms with Crippen molar-refractivity contribution >= 4 is 8.32 Å². The van der Waals surface area contributed by atoms with Crippen molar-refractivity contribution in [2.24, 2.45) is 0 Å². The highest BCUT2D eigenvalue weighted by molar-refractivity contribution is 6.74. The van der Waals surface area contributed by atoms with Crippen LogP contribution in [-0.4, -0.2) is 21.5 Å². The van der Waals surface area contributed by atoms with Crippen molar-refractivity contribution < 1.29 is 13.9 Å². The van der Waals surface area contributed by atoms with E-state index < -0.39 is 8.32 Å². The normalized spacial score (nSPS) is 11.9. The summed E-state index contributed by atoms with van der Waals surface area (Å²) in [6.45, 7) is 13.0. The van der Waals surface area contributed by atoms with Crippen molar-refractivity contribution in [3.63, 3.8) is 0 Å². The molecule has 0 bridgehead atoms. The molecule has 0 amide bonds. The lowest BCUT2D eigenvalue weighted by atomic mass is 10.1. The van der Waals surface area contributed by atoms with E-state index in [9.17, 15) is 0 Å². The van der Waals surface area contributed by atoms with Gasteiger partial charge in [0, 0.05) is 0 Å². The van der Waals surface area contributed by atoms with Gasteiger partial charge < -0.3 is 13.9 Å². The summed E-state index contributed by atoms with van der Waals surface area (Å²) in [6.07, 6.45) is 0. The van der Waals surface area contributed by atoms with Gasteiger partial charge in [-0.3, -0.25) is 0 Å². The van der Waals surface area contributed by atoms with Crippen LogP contribution in [-0.2, 0) is 11.0 Å². The summed E-state index contributed by atoms with van der Waals surface area (Å²) in [5, 5.41) is 0.216. The third-order valence-electron chi connectivity index (χ3n) is 5.89. The van der Waals surface area contributed by atoms with Gasteiger partial charge in [-0.25, -0.2) is 0 Å². The highest BCUT2D eigenvalue weighted by Crippen LogP contribution is 2.36. The second-order valence-corrected chi connectivity index (χ2v) is 14.1. The molecular weight excluding hydrogens is 400 g/mol. The Hall–Kier alpha value is -2.56. The highest BCUT2D eigenvalue weighted by Gasteiger charge is 2.36. The van der Waals surface area contributed by atoms with Gasteiger partial charge >= 0.3 is 0 Å². The highest BCUT2D eigenvalue weighted by atomic mass is 28.4. The van der Waals surface area contributed by atoms with Crippen LogP contribution in [0.2, 0.25) is 18.1 Å². The Morgan fingerprint density at radius 1 is 0.677 bits per heavy atom. The van der Waals surface area contributed by atoms with Gasteiger partial charge in [0.25, 0.3) is 0 Å². The van der Waals surface area contributed by atoms with Crippen LogP contribution < -0.4 is 9.47 Å². The van der Waals surface area contributed by atoms with Gasteiger partial charge in [0.15, 0.2) is 8.32 Å². The van der Waals surface area contributed by atoms with Crippen molar-refractivity contribution in [1.29, 1.82) is 0 Å². The first-order valence-corrected chi connectivity index (χ1v) is 13.8. The van der Waals surface area contributed by atoms with Crippen molar-refractivity contribution in [2.45, 2.75) is 45.5 Å². The smallest absolute Gasteiger partial charge is 0.192 e. The molecule has 0 atom stereocenters. The SMILES string of the molecule is CC(C)(C)[Si](C)(C)OCCOc1ccc(-c2cccc(OCc3ccccc3)c2)cc1. The lowest BCUT2D eigenvalue weighted by Gasteiger charge is -2.36. The fourth-order valence-corrected chi connectivity index (χ4v) is 3.95. The predicted octanol–water partition coefficient (Wildman–Crippen LogP) is 7.33. The van der Waals surface area contributed by atoms with E-state index in [1.807, 2.05) is 42.5 Å². The van der Waals surface area contributed by atoms with Gasteiger partial charge in [-0.2, -0.15) is 0 Å². The molecule has 0 aliphatic rings. The Labute approximate surface area is 188 Å². The molecule has 0 spiro atoms. The molecule has 3 aromatic carbocycles. The van der Waals surface area contributed by atoms with E-state index in [1.165, 1.54) is 0 Å². The average Bonchev–Trinajstić information content (AvgIpc) is 2.76. The molecule has 4 heteroatoms. The molecule has 0 aliphatic heterocycles. The summed E-state index contributed by atoms with van der Waals surface area (Å²) >= 11 is 0. The largest absolute Gasteiger partial charge is 0.491 e. The van der Waals surface area contributed by atoms with Crippen molar-refractivity contribution in [3.05, 3.63) is 84.4 Å². The Kier molecular flexibility index (Phi) is 7.58. The maximum atomic E-state index is 6.18. The molecule has 0 heterocycles. The average molecular weight is 435 g/mol. The second kappa shape index (κ2) is 10.2. The van der Waals surface area contributed by atoms with Crippen molar-refractivity contribution in [2.75, 3.05) is 13.2 Å². The number of hydrogen-bond acceptors (Lipinski definition) is 3. The fourth-order valence-electron chi connectivity index (χ4n) is 2.92. The standard InChI is InChI=1S/C27H34O3Si/c1-27(2,3)31(4,5)30-19-18-28-25-16-14-23(15-17-25)24-12-9-13-26(20-24)29-21-22-10-7-6-8-11-22/h6-17,20H,18-19,21H2,1-5H3. The lowest BCUT2D eigenvalue weighted by molar-refractivity contribution is 0.203. The third kappa shape index (κ3) is 6.71. The van der Waals surface area contributed by atoms with E-state index in [2.05, 4.69) is 70.3 Å². The van der Waals surface area contributed by atoms with Gasteiger partial charge in [-0.05, 0) is 59.1 Å². The number of ether oxygens (including phenoxy) is 2. The predicted molar refractivity (Wildman–Crippen MR) is 131 cm³/mol. The molecule has 0 aromatic heterocycles. The van der Waals surface area contributed by atoms with Gasteiger partial charge in [-0.15, -0.1) is 0 Å². The second-order valence-electron chi connectivity index (χ2n) is 9.28. The fraction of sp³-hybridized carbons (Fsp3) is 0.333. The molecule has 31 heavy (non-hydrogen) atoms. The minimum absolute atomic E-state index is 0.216. The topological polar surface area (TPSA) is 27.7 Å². The Morgan fingerprint density at radius 3 is 2.06 bits per heavy atom. The van der Waals surface area contributed by atoms with Gasteiger partial charge in [0.05, 0.1) is 6.61 Å². The first-order chi connectivity index (χ1) is 14.7. The van der Waals surface area contributed by atoms with Crippen LogP contribution in [0.1, 0.15) is 26.3 Å². The van der Waals surface area contributed by atoms with E-state index in [0.717, 1.165) is 28.2 Å². The number of hydrogen-bond donors (Lipinski definition) is 0. The molecule has 0 N–H and O–H groups in total. The van der Waals surface area contributed by atoms with Crippen LogP contribution in [0.3, 0.4) is 0 Å². The quantitative estimate of drug-likeness (QED) is 0.260. The Balaban J connectivity index is 1.53. The summed E-state index contributed by atoms with van der Waals surface area (Å²) in [6, 6.07) is 26.6. The molecule has 164 valence electrons. The molecule has 0 aliphatic carbocycles. The molecule has 0 radical (unpaired) electrons. The van der Waals surface area contributed by atoms with E-state index >= 15 is 0 Å². The van der Waals surface area contributed by atoms with Gasteiger partial charge in [-0.1, -0.05) is 75.4 Å². The van der Waals surface area contributed by atoms with Gasteiger partial charge in [0.1, 0.15) is 24.7 Å². The third-order valence-corrected chi connectivity index (χ3v) is 10.4. The molecule has 3 rings (SSSR count). The van der Waals surface area contributed by atoms with Crippen molar-refractivity contribution in [1.82, 2.24) is 0 Å². The summed E-state index contributed by atoms with van der Waals surface area (Å²) in [5.74, 6) is 1.73. The Bertz CT molecular complexity index is 944. The van der Waals surface area contributed by atoms with Gasteiger partial charge in [0.2, 0.25) is 0 Å². The van der Waals surface area contributed by atoms with E-state index in [4.69, 9.17) is 13.9 Å². The molecule has 3 aromatic rings. The first-order valence-electron chi connectivity index (χ1n) is 10.9. The number of rotatable bonds is 9. The summed E-state index contributed by atoms with van der Waals surface area (Å²) in [7, 11) is -1.72. The van der Waals surface area contributed by atoms with E-state index in [0.29, 0.717) is 19.8 Å². The lowest BCUT2D eigenvalue weighted by Crippen LogP contribution is -2.41. The summed E-state index contributed by atoms with van der Waals surface area (Å²) < 4.78 is 18.0. The maximum Gasteiger partial charge on any atom is 0.192 e. The maximum absolute atomic E-state index is 6.18. The molecule has 3 nitrogen and oxygen atoms in total. The van der Waals surface area contributed by atoms with Crippen LogP contribution in [0, 0.1) is 0 Å². The van der Waals surface area contributed by atoms with E-state index in [-0.39, 0.29) is 5.04 Å². The molecule has 0 unspecified atom stereocenters. The van der Waals surface area contributed by atoms with Crippen molar-refractivity contribution in [3.8, 4) is 22.6 Å². The molecule has 0 saturated carbocycles. The van der Waals surface area contributed by atoms with Crippen LogP contribution in [0.5, 0.6) is 11.5 Å². The van der Waals surface area contributed by atoms with Crippen LogP contribution >= 0.6 is 0 Å². The zero-order chi connectivity index (χ0) is 22.3. The number of benzene rings is 3. The van der Waals surface area contributed by atoms with Crippen LogP contribution in [0.15, 0.2) is 78.9 Å². The zero-order valence-corrected chi connectivity index (χ0v) is 20.4. The molecular formula is C27H34O3Si. The summed E-state index contributed by atoms with van der Waals surface area (Å²) in [5.41, 5.74) is 3.42. The summed E-state index contributed by atoms with van der Waals surface area (Å²) in [4.78, 5) is 0. The van der Waals surface area contributed by atoms with E-state index in [1.54, 1.807) is 0 Å². The Morgan fingerprint density at radius 2 is 1.39 bits per heavy atom. The molecule has 0 saturated heterocycles. The molecule has 0 fully saturated rings. The monoisotopic (exact) mass is 434 g/mol. The van der Waals surface area contributed by atoms with Crippen LogP contribution in [0.25, 0.3) is 11.1 Å². The minimum Gasteiger partial charge on any atom is -0.491 e.